The Hall–Kier alpha value is -0.420. The highest BCUT2D eigenvalue weighted by Crippen LogP contribution is 2.29. The fraction of sp³-hybridized carbons (Fsp3) is 1.00. The molecule has 0 aliphatic heterocycles. The highest BCUT2D eigenvalue weighted by molar-refractivity contribution is 4.69. The van der Waals surface area contributed by atoms with Crippen LogP contribution in [0.15, 0.2) is 0 Å². The van der Waals surface area contributed by atoms with Crippen molar-refractivity contribution in [2.45, 2.75) is 25.2 Å². The molecule has 0 unspecified atom stereocenters. The Morgan fingerprint density at radius 1 is 1.00 bits per heavy atom. The van der Waals surface area contributed by atoms with Gasteiger partial charge >= 0.3 is 12.3 Å². The molecule has 0 bridgehead atoms. The standard InChI is InChI=1S/C4H4F6/c5-2(6)1-4(9,10)3(7)8/h2-3H,1H2. The summed E-state index contributed by atoms with van der Waals surface area (Å²) < 4.78 is 67.5. The largest absolute Gasteiger partial charge is 0.312 e. The summed E-state index contributed by atoms with van der Waals surface area (Å²) in [6.07, 6.45) is -9.49. The molecule has 0 aromatic heterocycles. The molecule has 6 heteroatoms. The fourth-order valence-corrected chi connectivity index (χ4v) is 0.295. The predicted molar refractivity (Wildman–Crippen MR) is 21.6 cm³/mol. The molecule has 0 atom stereocenters. The van der Waals surface area contributed by atoms with E-state index in [2.05, 4.69) is 0 Å². The molecule has 0 saturated carbocycles. The average molecular weight is 166 g/mol. The molecule has 62 valence electrons. The van der Waals surface area contributed by atoms with Gasteiger partial charge in [0.1, 0.15) is 0 Å². The van der Waals surface area contributed by atoms with Gasteiger partial charge in [0.05, 0.1) is 6.42 Å². The van der Waals surface area contributed by atoms with Crippen LogP contribution in [-0.2, 0) is 0 Å². The molecule has 0 aromatic carbocycles. The zero-order valence-corrected chi connectivity index (χ0v) is 4.63. The van der Waals surface area contributed by atoms with E-state index in [0.29, 0.717) is 0 Å². The van der Waals surface area contributed by atoms with Gasteiger partial charge in [0.2, 0.25) is 6.43 Å². The van der Waals surface area contributed by atoms with Crippen LogP contribution in [0.25, 0.3) is 0 Å². The van der Waals surface area contributed by atoms with E-state index in [4.69, 9.17) is 0 Å². The lowest BCUT2D eigenvalue weighted by Crippen LogP contribution is -2.28. The van der Waals surface area contributed by atoms with Crippen LogP contribution in [0.2, 0.25) is 0 Å². The van der Waals surface area contributed by atoms with Crippen molar-refractivity contribution in [3.05, 3.63) is 0 Å². The van der Waals surface area contributed by atoms with Gasteiger partial charge in [0.15, 0.2) is 0 Å². The van der Waals surface area contributed by atoms with E-state index in [9.17, 15) is 26.3 Å². The van der Waals surface area contributed by atoms with Crippen molar-refractivity contribution in [1.29, 1.82) is 0 Å². The maximum Gasteiger partial charge on any atom is 0.312 e. The Kier molecular flexibility index (Phi) is 2.98. The molecule has 0 amide bonds. The third-order valence-electron chi connectivity index (χ3n) is 0.746. The lowest BCUT2D eigenvalue weighted by Gasteiger charge is -2.13. The minimum atomic E-state index is -4.56. The SMILES string of the molecule is FC(F)CC(F)(F)C(F)F. The summed E-state index contributed by atoms with van der Waals surface area (Å²) >= 11 is 0. The maximum atomic E-state index is 11.6. The Labute approximate surface area is 52.8 Å². The first-order chi connectivity index (χ1) is 4.36. The third-order valence-corrected chi connectivity index (χ3v) is 0.746. The van der Waals surface area contributed by atoms with Crippen LogP contribution in [0, 0.1) is 0 Å². The topological polar surface area (TPSA) is 0 Å². The quantitative estimate of drug-likeness (QED) is 0.565. The van der Waals surface area contributed by atoms with E-state index in [-0.39, 0.29) is 0 Å². The molecule has 0 nitrogen and oxygen atoms in total. The number of rotatable bonds is 3. The zero-order chi connectivity index (χ0) is 8.36. The molecule has 0 radical (unpaired) electrons. The fourth-order valence-electron chi connectivity index (χ4n) is 0.295. The van der Waals surface area contributed by atoms with Gasteiger partial charge in [-0.05, 0) is 0 Å². The Balaban J connectivity index is 3.87. The lowest BCUT2D eigenvalue weighted by atomic mass is 10.2. The van der Waals surface area contributed by atoms with E-state index in [0.717, 1.165) is 0 Å². The summed E-state index contributed by atoms with van der Waals surface area (Å²) in [5.41, 5.74) is 0. The van der Waals surface area contributed by atoms with Crippen molar-refractivity contribution in [3.63, 3.8) is 0 Å². The first-order valence-electron chi connectivity index (χ1n) is 2.30. The molecule has 0 aromatic rings. The average Bonchev–Trinajstić information content (AvgIpc) is 1.60. The molecule has 0 spiro atoms. The Morgan fingerprint density at radius 2 is 1.40 bits per heavy atom. The molecule has 0 aliphatic rings. The van der Waals surface area contributed by atoms with Gasteiger partial charge in [-0.1, -0.05) is 0 Å². The van der Waals surface area contributed by atoms with Crippen LogP contribution < -0.4 is 0 Å². The molecule has 0 N–H and O–H groups in total. The molecule has 10 heavy (non-hydrogen) atoms. The second-order valence-electron chi connectivity index (χ2n) is 1.66. The van der Waals surface area contributed by atoms with Crippen LogP contribution in [-0.4, -0.2) is 18.8 Å². The summed E-state index contributed by atoms with van der Waals surface area (Å²) in [6.45, 7) is 0. The second-order valence-corrected chi connectivity index (χ2v) is 1.66. The van der Waals surface area contributed by atoms with Gasteiger partial charge in [0.25, 0.3) is 0 Å². The number of hydrogen-bond donors (Lipinski definition) is 0. The first-order valence-corrected chi connectivity index (χ1v) is 2.30. The van der Waals surface area contributed by atoms with Crippen molar-refractivity contribution in [1.82, 2.24) is 0 Å². The summed E-state index contributed by atoms with van der Waals surface area (Å²) in [7, 11) is 0. The van der Waals surface area contributed by atoms with Gasteiger partial charge in [-0.15, -0.1) is 0 Å². The first kappa shape index (κ1) is 9.58. The van der Waals surface area contributed by atoms with Crippen molar-refractivity contribution in [3.8, 4) is 0 Å². The Morgan fingerprint density at radius 3 is 1.50 bits per heavy atom. The molecule has 0 fully saturated rings. The molecule has 0 heterocycles. The maximum absolute atomic E-state index is 11.6. The van der Waals surface area contributed by atoms with Crippen LogP contribution in [0.1, 0.15) is 6.42 Å². The van der Waals surface area contributed by atoms with Crippen molar-refractivity contribution >= 4 is 0 Å². The summed E-state index contributed by atoms with van der Waals surface area (Å²) in [4.78, 5) is 0. The van der Waals surface area contributed by atoms with Crippen molar-refractivity contribution in [2.75, 3.05) is 0 Å². The summed E-state index contributed by atoms with van der Waals surface area (Å²) in [5, 5.41) is 0. The van der Waals surface area contributed by atoms with Gasteiger partial charge in [-0.3, -0.25) is 0 Å². The minimum Gasteiger partial charge on any atom is -0.210 e. The summed E-state index contributed by atoms with van der Waals surface area (Å²) in [5.74, 6) is -4.56. The van der Waals surface area contributed by atoms with E-state index >= 15 is 0 Å². The van der Waals surface area contributed by atoms with Gasteiger partial charge in [-0.2, -0.15) is 0 Å². The predicted octanol–water partition coefficient (Wildman–Crippen LogP) is 2.54. The molecule has 0 aliphatic carbocycles. The highest BCUT2D eigenvalue weighted by atomic mass is 19.3. The van der Waals surface area contributed by atoms with Crippen LogP contribution >= 0.6 is 0 Å². The van der Waals surface area contributed by atoms with Crippen LogP contribution in [0.4, 0.5) is 26.3 Å². The Bertz CT molecular complexity index is 97.9. The van der Waals surface area contributed by atoms with Gasteiger partial charge < -0.3 is 0 Å². The smallest absolute Gasteiger partial charge is 0.210 e. The van der Waals surface area contributed by atoms with E-state index in [1.807, 2.05) is 0 Å². The van der Waals surface area contributed by atoms with Crippen LogP contribution in [0.3, 0.4) is 0 Å². The van der Waals surface area contributed by atoms with Gasteiger partial charge in [-0.25, -0.2) is 26.3 Å². The monoisotopic (exact) mass is 166 g/mol. The normalized spacial score (nSPS) is 13.2. The molecular weight excluding hydrogens is 162 g/mol. The molecule has 0 rings (SSSR count). The van der Waals surface area contributed by atoms with Crippen molar-refractivity contribution in [2.24, 2.45) is 0 Å². The molecular formula is C4H4F6. The van der Waals surface area contributed by atoms with Crippen molar-refractivity contribution < 1.29 is 26.3 Å². The second kappa shape index (κ2) is 3.12. The minimum absolute atomic E-state index is 2.08. The van der Waals surface area contributed by atoms with E-state index in [1.165, 1.54) is 0 Å². The highest BCUT2D eigenvalue weighted by Gasteiger charge is 2.43. The molecule has 0 saturated heterocycles. The van der Waals surface area contributed by atoms with Crippen LogP contribution in [0.5, 0.6) is 0 Å². The lowest BCUT2D eigenvalue weighted by molar-refractivity contribution is -0.152. The van der Waals surface area contributed by atoms with E-state index in [1.54, 1.807) is 0 Å². The number of hydrogen-bond acceptors (Lipinski definition) is 0. The zero-order valence-electron chi connectivity index (χ0n) is 4.63. The third kappa shape index (κ3) is 2.93. The number of halogens is 6. The van der Waals surface area contributed by atoms with Gasteiger partial charge in [0, 0.05) is 0 Å². The summed E-state index contributed by atoms with van der Waals surface area (Å²) in [6, 6.07) is 0. The number of alkyl halides is 6. The van der Waals surface area contributed by atoms with E-state index < -0.39 is 25.2 Å².